The van der Waals surface area contributed by atoms with Gasteiger partial charge < -0.3 is 44.5 Å². The third-order valence-corrected chi connectivity index (χ3v) is 7.75. The maximum atomic E-state index is 12.5. The van der Waals surface area contributed by atoms with Crippen LogP contribution in [0.2, 0.25) is 0 Å². The molecule has 1 aliphatic heterocycles. The normalized spacial score (nSPS) is 14.9. The number of esters is 1. The van der Waals surface area contributed by atoms with Gasteiger partial charge in [0.15, 0.2) is 29.2 Å². The zero-order valence-electron chi connectivity index (χ0n) is 26.5. The zero-order chi connectivity index (χ0) is 34.8. The van der Waals surface area contributed by atoms with E-state index in [9.17, 15) is 19.5 Å². The van der Waals surface area contributed by atoms with E-state index in [4.69, 9.17) is 28.8 Å². The van der Waals surface area contributed by atoms with Gasteiger partial charge in [-0.1, -0.05) is 18.2 Å². The lowest BCUT2D eigenvalue weighted by molar-refractivity contribution is -0.136. The monoisotopic (exact) mass is 774 g/mol. The Morgan fingerprint density at radius 3 is 2.46 bits per heavy atom. The number of carboxylic acids is 1. The molecule has 4 rings (SSSR count). The Kier molecular flexibility index (Phi) is 12.5. The van der Waals surface area contributed by atoms with Crippen LogP contribution in [0.3, 0.4) is 0 Å². The van der Waals surface area contributed by atoms with E-state index in [2.05, 4.69) is 43.8 Å². The summed E-state index contributed by atoms with van der Waals surface area (Å²) < 4.78 is 28.7. The number of rotatable bonds is 15. The second-order valence-electron chi connectivity index (χ2n) is 10.2. The van der Waals surface area contributed by atoms with Crippen LogP contribution in [0.1, 0.15) is 46.9 Å². The summed E-state index contributed by atoms with van der Waals surface area (Å²) in [4.78, 5) is 35.7. The number of hydrazone groups is 1. The predicted molar refractivity (Wildman–Crippen MR) is 182 cm³/mol. The Morgan fingerprint density at radius 2 is 1.79 bits per heavy atom. The van der Waals surface area contributed by atoms with Crippen LogP contribution in [0, 0.1) is 3.57 Å². The maximum absolute atomic E-state index is 12.5. The quantitative estimate of drug-likeness (QED) is 0.0493. The third-order valence-electron chi connectivity index (χ3n) is 6.95. The number of aliphatic hydroxyl groups excluding tert-OH is 1. The minimum Gasteiger partial charge on any atom is -0.493 e. The molecule has 15 heteroatoms. The molecule has 0 fully saturated rings. The lowest BCUT2D eigenvalue weighted by atomic mass is 9.95. The Balaban J connectivity index is 1.38. The second-order valence-corrected chi connectivity index (χ2v) is 11.4. The Labute approximate surface area is 290 Å². The lowest BCUT2D eigenvalue weighted by Gasteiger charge is -2.28. The van der Waals surface area contributed by atoms with Crippen LogP contribution in [0.4, 0.5) is 4.79 Å². The number of aromatic carboxylic acids is 1. The largest absolute Gasteiger partial charge is 0.493 e. The first-order chi connectivity index (χ1) is 23.0. The van der Waals surface area contributed by atoms with Gasteiger partial charge in [-0.2, -0.15) is 5.10 Å². The number of amides is 2. The van der Waals surface area contributed by atoms with Gasteiger partial charge in [-0.3, -0.25) is 5.43 Å². The van der Waals surface area contributed by atoms with E-state index >= 15 is 0 Å². The van der Waals surface area contributed by atoms with E-state index in [1.807, 2.05) is 6.07 Å². The second kappa shape index (κ2) is 16.7. The number of urea groups is 1. The van der Waals surface area contributed by atoms with E-state index in [-0.39, 0.29) is 24.4 Å². The van der Waals surface area contributed by atoms with Gasteiger partial charge in [0.2, 0.25) is 0 Å². The average molecular weight is 775 g/mol. The minimum absolute atomic E-state index is 0.186. The summed E-state index contributed by atoms with van der Waals surface area (Å²) >= 11 is 2.12. The van der Waals surface area contributed by atoms with E-state index in [1.54, 1.807) is 50.2 Å². The number of hydrogen-bond donors (Lipinski definition) is 5. The number of halogens is 1. The molecule has 0 saturated heterocycles. The number of methoxy groups -OCH3 is 2. The molecule has 254 valence electrons. The lowest BCUT2D eigenvalue weighted by Crippen LogP contribution is -2.45. The van der Waals surface area contributed by atoms with Crippen molar-refractivity contribution < 1.29 is 48.3 Å². The molecular formula is C33H35IN4O10. The first-order valence-corrected chi connectivity index (χ1v) is 15.7. The highest BCUT2D eigenvalue weighted by atomic mass is 127. The molecule has 3 aromatic carbocycles. The van der Waals surface area contributed by atoms with E-state index in [0.717, 1.165) is 9.13 Å². The summed E-state index contributed by atoms with van der Waals surface area (Å²) in [7, 11) is 2.78. The van der Waals surface area contributed by atoms with Gasteiger partial charge in [-0.25, -0.2) is 14.4 Å². The van der Waals surface area contributed by atoms with Crippen molar-refractivity contribution in [2.75, 3.05) is 27.4 Å². The van der Waals surface area contributed by atoms with Crippen molar-refractivity contribution >= 4 is 46.8 Å². The van der Waals surface area contributed by atoms with Crippen LogP contribution in [-0.4, -0.2) is 68.1 Å². The van der Waals surface area contributed by atoms with Crippen LogP contribution in [0.15, 0.2) is 71.0 Å². The van der Waals surface area contributed by atoms with E-state index < -0.39 is 30.2 Å². The number of carboxylic acid groups (broad SMARTS) is 1. The molecule has 0 bridgehead atoms. The fourth-order valence-corrected chi connectivity index (χ4v) is 5.45. The van der Waals surface area contributed by atoms with Crippen molar-refractivity contribution in [3.05, 3.63) is 91.7 Å². The molecule has 1 aliphatic rings. The maximum Gasteiger partial charge on any atom is 0.337 e. The van der Waals surface area contributed by atoms with Gasteiger partial charge in [-0.05, 0) is 89.5 Å². The van der Waals surface area contributed by atoms with E-state index in [1.165, 1.54) is 32.6 Å². The SMILES string of the molecule is CCOc1cc([C@H]2NC(=O)NC(C)=C2C(=O)OC)ccc1OC[C@@H](O)N/N=C\c1cc(I)c(OCc2ccc(C(=O)O)cc2)c(OC)c1. The summed E-state index contributed by atoms with van der Waals surface area (Å²) in [6.07, 6.45) is 0.316. The minimum atomic E-state index is -1.19. The molecule has 0 aromatic heterocycles. The molecule has 3 aromatic rings. The van der Waals surface area contributed by atoms with Crippen molar-refractivity contribution in [3.63, 3.8) is 0 Å². The average Bonchev–Trinajstić information content (AvgIpc) is 3.06. The van der Waals surface area contributed by atoms with Crippen LogP contribution in [-0.2, 0) is 16.1 Å². The molecule has 0 unspecified atom stereocenters. The summed E-state index contributed by atoms with van der Waals surface area (Å²) in [5.41, 5.74) is 5.47. The van der Waals surface area contributed by atoms with Crippen LogP contribution in [0.5, 0.6) is 23.0 Å². The molecule has 1 heterocycles. The van der Waals surface area contributed by atoms with Gasteiger partial charge >= 0.3 is 18.0 Å². The fourth-order valence-electron chi connectivity index (χ4n) is 4.67. The molecular weight excluding hydrogens is 739 g/mol. The highest BCUT2D eigenvalue weighted by Gasteiger charge is 2.32. The van der Waals surface area contributed by atoms with E-state index in [0.29, 0.717) is 46.4 Å². The number of aliphatic hydroxyl groups is 1. The summed E-state index contributed by atoms with van der Waals surface area (Å²) in [6.45, 7) is 3.75. The van der Waals surface area contributed by atoms with Crippen LogP contribution >= 0.6 is 22.6 Å². The Morgan fingerprint density at radius 1 is 1.04 bits per heavy atom. The van der Waals surface area contributed by atoms with Gasteiger partial charge in [0.1, 0.15) is 13.2 Å². The number of hydrogen-bond acceptors (Lipinski definition) is 11. The standard InChI is InChI=1S/C33H35IN4O10/c1-5-46-25-14-22(29-28(32(42)45-4)18(2)36-33(43)37-29)10-11-24(25)47-17-27(39)38-35-15-20-12-23(34)30(26(13-20)44-3)48-16-19-6-8-21(9-7-19)31(40)41/h6-15,27,29,38-39H,5,16-17H2,1-4H3,(H,40,41)(H2,36,37,43)/b35-15-/t27-,29-/m1/s1. The fraction of sp³-hybridized carbons (Fsp3) is 0.273. The van der Waals surface area contributed by atoms with Crippen molar-refractivity contribution in [3.8, 4) is 23.0 Å². The smallest absolute Gasteiger partial charge is 0.337 e. The van der Waals surface area contributed by atoms with Crippen LogP contribution < -0.4 is 35.0 Å². The molecule has 0 spiro atoms. The van der Waals surface area contributed by atoms with Gasteiger partial charge in [-0.15, -0.1) is 0 Å². The van der Waals surface area contributed by atoms with Gasteiger partial charge in [0, 0.05) is 5.70 Å². The zero-order valence-corrected chi connectivity index (χ0v) is 28.7. The highest BCUT2D eigenvalue weighted by molar-refractivity contribution is 14.1. The number of ether oxygens (including phenoxy) is 5. The number of nitrogens with one attached hydrogen (secondary N) is 3. The van der Waals surface area contributed by atoms with Crippen molar-refractivity contribution in [2.45, 2.75) is 32.7 Å². The number of carbonyl (C=O) groups excluding carboxylic acids is 2. The molecule has 2 atom stereocenters. The predicted octanol–water partition coefficient (Wildman–Crippen LogP) is 4.10. The number of nitrogens with zero attached hydrogens (tertiary/aromatic N) is 1. The molecule has 0 aliphatic carbocycles. The summed E-state index contributed by atoms with van der Waals surface area (Å²) in [5, 5.41) is 29.0. The topological polar surface area (TPSA) is 186 Å². The number of allylic oxidation sites excluding steroid dienone is 1. The molecule has 5 N–H and O–H groups in total. The first kappa shape index (κ1) is 35.8. The van der Waals surface area contributed by atoms with Crippen LogP contribution in [0.25, 0.3) is 0 Å². The molecule has 0 saturated carbocycles. The summed E-state index contributed by atoms with van der Waals surface area (Å²) in [6, 6.07) is 13.7. The third kappa shape index (κ3) is 9.07. The summed E-state index contributed by atoms with van der Waals surface area (Å²) in [5.74, 6) is 0.0842. The number of carbonyl (C=O) groups is 3. The van der Waals surface area contributed by atoms with Gasteiger partial charge in [0.05, 0.1) is 47.8 Å². The Bertz CT molecular complexity index is 1710. The van der Waals surface area contributed by atoms with Crippen molar-refractivity contribution in [2.24, 2.45) is 5.10 Å². The van der Waals surface area contributed by atoms with Gasteiger partial charge in [0.25, 0.3) is 0 Å². The number of benzene rings is 3. The van der Waals surface area contributed by atoms with Crippen molar-refractivity contribution in [1.29, 1.82) is 0 Å². The molecule has 0 radical (unpaired) electrons. The first-order valence-electron chi connectivity index (χ1n) is 14.6. The Hall–Kier alpha value is -5.03. The van der Waals surface area contributed by atoms with Crippen molar-refractivity contribution in [1.82, 2.24) is 16.1 Å². The molecule has 48 heavy (non-hydrogen) atoms. The molecule has 14 nitrogen and oxygen atoms in total. The highest BCUT2D eigenvalue weighted by Crippen LogP contribution is 2.36. The molecule has 2 amide bonds.